The molecule has 27 heavy (non-hydrogen) atoms. The van der Waals surface area contributed by atoms with Gasteiger partial charge in [0.1, 0.15) is 0 Å². The van der Waals surface area contributed by atoms with Crippen LogP contribution in [0.15, 0.2) is 61.1 Å². The summed E-state index contributed by atoms with van der Waals surface area (Å²) in [5.74, 6) is -1.31. The second-order valence-electron chi connectivity index (χ2n) is 6.84. The highest BCUT2D eigenvalue weighted by molar-refractivity contribution is 6.44. The minimum atomic E-state index is -0.487. The van der Waals surface area contributed by atoms with Crippen molar-refractivity contribution in [2.45, 2.75) is 13.0 Å². The smallest absolute Gasteiger partial charge is 0.295 e. The number of Topliss-reactive ketones (excluding diaryl/α,β-unsaturated/α-hetero) is 1. The summed E-state index contributed by atoms with van der Waals surface area (Å²) in [6.07, 6.45) is 3.37. The summed E-state index contributed by atoms with van der Waals surface area (Å²) in [4.78, 5) is 38.6. The first kappa shape index (κ1) is 15.7. The van der Waals surface area contributed by atoms with Crippen LogP contribution < -0.4 is 4.90 Å². The number of anilines is 1. The molecule has 1 aliphatic rings. The van der Waals surface area contributed by atoms with Gasteiger partial charge in [0.05, 0.1) is 28.9 Å². The molecule has 6 heteroatoms. The summed E-state index contributed by atoms with van der Waals surface area (Å²) in [5.41, 5.74) is 4.05. The van der Waals surface area contributed by atoms with Crippen LogP contribution in [0.25, 0.3) is 21.9 Å². The summed E-state index contributed by atoms with van der Waals surface area (Å²) < 4.78 is 0. The van der Waals surface area contributed by atoms with E-state index >= 15 is 0 Å². The molecule has 2 atom stereocenters. The van der Waals surface area contributed by atoms with Crippen molar-refractivity contribution < 1.29 is 9.59 Å². The van der Waals surface area contributed by atoms with Crippen LogP contribution in [0.3, 0.4) is 0 Å². The van der Waals surface area contributed by atoms with E-state index in [2.05, 4.69) is 15.0 Å². The van der Waals surface area contributed by atoms with E-state index in [1.807, 2.05) is 48.5 Å². The number of imidazole rings is 1. The van der Waals surface area contributed by atoms with E-state index in [4.69, 9.17) is 0 Å². The largest absolute Gasteiger partial charge is 0.345 e. The molecule has 132 valence electrons. The molecule has 0 spiro atoms. The number of para-hydroxylation sites is 1. The van der Waals surface area contributed by atoms with Gasteiger partial charge in [-0.15, -0.1) is 0 Å². The van der Waals surface area contributed by atoms with E-state index in [0.29, 0.717) is 5.69 Å². The van der Waals surface area contributed by atoms with Crippen molar-refractivity contribution in [2.75, 3.05) is 4.90 Å². The fourth-order valence-corrected chi connectivity index (χ4v) is 3.85. The lowest BCUT2D eigenvalue weighted by molar-refractivity contribution is -0.135. The Balaban J connectivity index is 1.66. The second-order valence-corrected chi connectivity index (χ2v) is 6.84. The Morgan fingerprint density at radius 1 is 1.00 bits per heavy atom. The number of nitrogens with one attached hydrogen (secondary N) is 1. The van der Waals surface area contributed by atoms with Gasteiger partial charge in [-0.25, -0.2) is 4.98 Å². The molecule has 3 heterocycles. The van der Waals surface area contributed by atoms with Crippen LogP contribution in [0.2, 0.25) is 0 Å². The SMILES string of the molecule is CC1C(=O)C(=O)N(c2ccc3nc[nH]c3c2)C1c1cnc2ccccc2c1. The number of hydrogen-bond donors (Lipinski definition) is 1. The Hall–Kier alpha value is -3.54. The van der Waals surface area contributed by atoms with Crippen molar-refractivity contribution in [3.63, 3.8) is 0 Å². The Morgan fingerprint density at radius 2 is 1.85 bits per heavy atom. The zero-order valence-electron chi connectivity index (χ0n) is 14.6. The highest BCUT2D eigenvalue weighted by Gasteiger charge is 2.46. The third kappa shape index (κ3) is 2.33. The number of pyridine rings is 1. The number of ketones is 1. The maximum absolute atomic E-state index is 12.8. The molecule has 0 aliphatic carbocycles. The van der Waals surface area contributed by atoms with E-state index in [9.17, 15) is 9.59 Å². The number of aromatic nitrogens is 3. The summed E-state index contributed by atoms with van der Waals surface area (Å²) >= 11 is 0. The lowest BCUT2D eigenvalue weighted by Crippen LogP contribution is -2.29. The van der Waals surface area contributed by atoms with Gasteiger partial charge in [-0.2, -0.15) is 0 Å². The first-order chi connectivity index (χ1) is 13.1. The molecule has 2 aromatic heterocycles. The molecule has 1 fully saturated rings. The van der Waals surface area contributed by atoms with Gasteiger partial charge < -0.3 is 4.98 Å². The predicted molar refractivity (Wildman–Crippen MR) is 102 cm³/mol. The predicted octanol–water partition coefficient (Wildman–Crippen LogP) is 3.40. The number of H-pyrrole nitrogens is 1. The summed E-state index contributed by atoms with van der Waals surface area (Å²) in [6, 6.07) is 15.0. The summed E-state index contributed by atoms with van der Waals surface area (Å²) in [7, 11) is 0. The zero-order valence-corrected chi connectivity index (χ0v) is 14.6. The van der Waals surface area contributed by atoms with Gasteiger partial charge in [-0.1, -0.05) is 25.1 Å². The van der Waals surface area contributed by atoms with Gasteiger partial charge in [0.2, 0.25) is 5.78 Å². The first-order valence-electron chi connectivity index (χ1n) is 8.79. The van der Waals surface area contributed by atoms with Crippen molar-refractivity contribution in [1.82, 2.24) is 15.0 Å². The molecule has 5 rings (SSSR count). The van der Waals surface area contributed by atoms with E-state index in [1.165, 1.54) is 0 Å². The summed E-state index contributed by atoms with van der Waals surface area (Å²) in [6.45, 7) is 1.80. The Bertz CT molecular complexity index is 1210. The standard InChI is InChI=1S/C21H16N4O2/c1-12-19(14-8-13-4-2-3-5-16(13)22-10-14)25(21(27)20(12)26)15-6-7-17-18(9-15)24-11-23-17/h2-12,19H,1H3,(H,23,24). The lowest BCUT2D eigenvalue weighted by atomic mass is 9.94. The van der Waals surface area contributed by atoms with Crippen LogP contribution in [0, 0.1) is 5.92 Å². The number of benzene rings is 2. The monoisotopic (exact) mass is 356 g/mol. The van der Waals surface area contributed by atoms with Gasteiger partial charge in [-0.05, 0) is 35.9 Å². The van der Waals surface area contributed by atoms with Gasteiger partial charge in [0.15, 0.2) is 0 Å². The lowest BCUT2D eigenvalue weighted by Gasteiger charge is -2.26. The number of fused-ring (bicyclic) bond motifs is 2. The number of aromatic amines is 1. The van der Waals surface area contributed by atoms with Crippen molar-refractivity contribution in [3.05, 3.63) is 66.6 Å². The number of carbonyl (C=O) groups is 2. The van der Waals surface area contributed by atoms with Gasteiger partial charge in [-0.3, -0.25) is 19.5 Å². The molecule has 1 N–H and O–H groups in total. The average Bonchev–Trinajstić information content (AvgIpc) is 3.25. The van der Waals surface area contributed by atoms with Crippen molar-refractivity contribution >= 4 is 39.3 Å². The maximum Gasteiger partial charge on any atom is 0.295 e. The topological polar surface area (TPSA) is 79.0 Å². The second kappa shape index (κ2) is 5.74. The van der Waals surface area contributed by atoms with E-state index in [0.717, 1.165) is 27.5 Å². The molecule has 4 aromatic rings. The van der Waals surface area contributed by atoms with Crippen LogP contribution in [0.4, 0.5) is 5.69 Å². The van der Waals surface area contributed by atoms with Crippen molar-refractivity contribution in [2.24, 2.45) is 5.92 Å². The Labute approximate surface area is 154 Å². The van der Waals surface area contributed by atoms with Crippen LogP contribution >= 0.6 is 0 Å². The number of nitrogens with zero attached hydrogens (tertiary/aromatic N) is 3. The van der Waals surface area contributed by atoms with Crippen LogP contribution in [-0.2, 0) is 9.59 Å². The molecule has 0 saturated carbocycles. The average molecular weight is 356 g/mol. The molecule has 1 saturated heterocycles. The highest BCUT2D eigenvalue weighted by atomic mass is 16.2. The maximum atomic E-state index is 12.8. The normalized spacial score (nSPS) is 20.1. The first-order valence-corrected chi connectivity index (χ1v) is 8.79. The minimum Gasteiger partial charge on any atom is -0.345 e. The minimum absolute atomic E-state index is 0.377. The molecule has 1 aliphatic heterocycles. The molecule has 0 radical (unpaired) electrons. The molecule has 2 unspecified atom stereocenters. The van der Waals surface area contributed by atoms with Crippen molar-refractivity contribution in [1.29, 1.82) is 0 Å². The van der Waals surface area contributed by atoms with E-state index < -0.39 is 11.8 Å². The van der Waals surface area contributed by atoms with Crippen LogP contribution in [-0.4, -0.2) is 26.6 Å². The number of rotatable bonds is 2. The van der Waals surface area contributed by atoms with E-state index in [-0.39, 0.29) is 11.8 Å². The van der Waals surface area contributed by atoms with Crippen LogP contribution in [0.5, 0.6) is 0 Å². The molecule has 6 nitrogen and oxygen atoms in total. The van der Waals surface area contributed by atoms with Crippen molar-refractivity contribution in [3.8, 4) is 0 Å². The molecular formula is C21H16N4O2. The number of carbonyl (C=O) groups excluding carboxylic acids is 2. The Morgan fingerprint density at radius 3 is 2.74 bits per heavy atom. The molecule has 1 amide bonds. The highest BCUT2D eigenvalue weighted by Crippen LogP contribution is 2.40. The van der Waals surface area contributed by atoms with Gasteiger partial charge >= 0.3 is 0 Å². The number of amides is 1. The van der Waals surface area contributed by atoms with Gasteiger partial charge in [0, 0.05) is 23.2 Å². The fraction of sp³-hybridized carbons (Fsp3) is 0.143. The zero-order chi connectivity index (χ0) is 18.5. The van der Waals surface area contributed by atoms with Gasteiger partial charge in [0.25, 0.3) is 5.91 Å². The van der Waals surface area contributed by atoms with E-state index in [1.54, 1.807) is 24.3 Å². The third-order valence-corrected chi connectivity index (χ3v) is 5.23. The third-order valence-electron chi connectivity index (χ3n) is 5.23. The van der Waals surface area contributed by atoms with Crippen LogP contribution in [0.1, 0.15) is 18.5 Å². The molecule has 0 bridgehead atoms. The Kier molecular flexibility index (Phi) is 3.33. The summed E-state index contributed by atoms with van der Waals surface area (Å²) in [5, 5.41) is 0.984. The fourth-order valence-electron chi connectivity index (χ4n) is 3.85. The molecular weight excluding hydrogens is 340 g/mol. The quantitative estimate of drug-likeness (QED) is 0.558. The number of hydrogen-bond acceptors (Lipinski definition) is 4. The molecule has 2 aromatic carbocycles.